The van der Waals surface area contributed by atoms with E-state index in [9.17, 15) is 29.4 Å². The molecule has 0 saturated carbocycles. The number of aliphatic hydroxyl groups excluding tert-OH is 1. The largest absolute Gasteiger partial charge is 0.480 e. The van der Waals surface area contributed by atoms with E-state index in [2.05, 4.69) is 16.0 Å². The van der Waals surface area contributed by atoms with Gasteiger partial charge in [-0.05, 0) is 51.0 Å². The summed E-state index contributed by atoms with van der Waals surface area (Å²) in [7, 11) is 0. The normalized spacial score (nSPS) is 16.8. The Bertz CT molecular complexity index is 643. The summed E-state index contributed by atoms with van der Waals surface area (Å²) in [6.07, 6.45) is 0.943. The van der Waals surface area contributed by atoms with Gasteiger partial charge in [-0.2, -0.15) is 0 Å². The number of nitrogens with two attached hydrogens (primary N) is 2. The van der Waals surface area contributed by atoms with Crippen LogP contribution in [0, 0.1) is 11.8 Å². The molecule has 0 aliphatic rings. The summed E-state index contributed by atoms with van der Waals surface area (Å²) in [6, 6.07) is -4.34. The Morgan fingerprint density at radius 2 is 1.45 bits per heavy atom. The third-order valence-electron chi connectivity index (χ3n) is 5.52. The summed E-state index contributed by atoms with van der Waals surface area (Å²) in [5, 5.41) is 26.9. The molecule has 0 aromatic rings. The molecule has 11 nitrogen and oxygen atoms in total. The Balaban J connectivity index is 5.40. The van der Waals surface area contributed by atoms with Gasteiger partial charge in [0.1, 0.15) is 18.1 Å². The fraction of sp³-hybridized carbons (Fsp3) is 0.818. The smallest absolute Gasteiger partial charge is 0.326 e. The molecule has 0 aliphatic carbocycles. The first-order chi connectivity index (χ1) is 15.3. The monoisotopic (exact) mass is 473 g/mol. The molecule has 0 radical (unpaired) electrons. The maximum absolute atomic E-state index is 12.9. The van der Waals surface area contributed by atoms with Gasteiger partial charge in [0, 0.05) is 0 Å². The minimum atomic E-state index is -1.40. The van der Waals surface area contributed by atoms with Gasteiger partial charge in [-0.25, -0.2) is 4.79 Å². The number of carbonyl (C=O) groups is 4. The fourth-order valence-electron chi connectivity index (χ4n) is 3.15. The Labute approximate surface area is 196 Å². The van der Waals surface area contributed by atoms with Crippen molar-refractivity contribution in [1.29, 1.82) is 0 Å². The fourth-order valence-corrected chi connectivity index (χ4v) is 3.15. The highest BCUT2D eigenvalue weighted by molar-refractivity contribution is 5.94. The molecule has 0 aromatic heterocycles. The molecule has 6 atom stereocenters. The molecule has 0 rings (SSSR count). The average Bonchev–Trinajstić information content (AvgIpc) is 2.74. The number of aliphatic carboxylic acids is 1. The predicted octanol–water partition coefficient (Wildman–Crippen LogP) is -0.545. The van der Waals surface area contributed by atoms with Gasteiger partial charge in [-0.1, -0.05) is 34.1 Å². The number of carboxylic acids is 1. The number of rotatable bonds is 16. The first kappa shape index (κ1) is 30.8. The lowest BCUT2D eigenvalue weighted by molar-refractivity contribution is -0.143. The van der Waals surface area contributed by atoms with Gasteiger partial charge < -0.3 is 37.6 Å². The van der Waals surface area contributed by atoms with Crippen LogP contribution in [0.3, 0.4) is 0 Å². The van der Waals surface area contributed by atoms with Crippen LogP contribution in [0.5, 0.6) is 0 Å². The standard InChI is InChI=1S/C22H43N5O6/c1-6-13(4)17(24)20(30)26-16(11-12(2)3)19(29)27-18(14(5)28)21(31)25-15(22(32)33)9-7-8-10-23/h12-18,28H,6-11,23-24H2,1-5H3,(H,25,31)(H,26,30)(H,27,29)(H,32,33). The van der Waals surface area contributed by atoms with Crippen molar-refractivity contribution in [3.63, 3.8) is 0 Å². The topological polar surface area (TPSA) is 197 Å². The number of carbonyl (C=O) groups excluding carboxylic acids is 3. The quantitative estimate of drug-likeness (QED) is 0.145. The van der Waals surface area contributed by atoms with Crippen molar-refractivity contribution in [3.8, 4) is 0 Å². The van der Waals surface area contributed by atoms with E-state index in [0.717, 1.165) is 0 Å². The van der Waals surface area contributed by atoms with Crippen LogP contribution in [0.1, 0.15) is 66.7 Å². The molecule has 0 spiro atoms. The van der Waals surface area contributed by atoms with Gasteiger partial charge in [0.25, 0.3) is 0 Å². The number of hydrogen-bond donors (Lipinski definition) is 7. The van der Waals surface area contributed by atoms with Crippen LogP contribution in [0.2, 0.25) is 0 Å². The van der Waals surface area contributed by atoms with Crippen molar-refractivity contribution in [2.45, 2.75) is 97.0 Å². The molecule has 0 fully saturated rings. The molecule has 11 heteroatoms. The minimum absolute atomic E-state index is 0.0404. The van der Waals surface area contributed by atoms with Gasteiger partial charge >= 0.3 is 5.97 Å². The lowest BCUT2D eigenvalue weighted by Gasteiger charge is -2.28. The molecule has 0 saturated heterocycles. The zero-order valence-electron chi connectivity index (χ0n) is 20.5. The number of hydrogen-bond acceptors (Lipinski definition) is 7. The maximum Gasteiger partial charge on any atom is 0.326 e. The van der Waals surface area contributed by atoms with Crippen LogP contribution in [0.4, 0.5) is 0 Å². The molecule has 33 heavy (non-hydrogen) atoms. The maximum atomic E-state index is 12.9. The van der Waals surface area contributed by atoms with E-state index in [-0.39, 0.29) is 24.7 Å². The first-order valence-electron chi connectivity index (χ1n) is 11.6. The molecule has 192 valence electrons. The lowest BCUT2D eigenvalue weighted by Crippen LogP contribution is -2.60. The summed E-state index contributed by atoms with van der Waals surface area (Å²) in [4.78, 5) is 49.6. The lowest BCUT2D eigenvalue weighted by atomic mass is 9.97. The van der Waals surface area contributed by atoms with Crippen LogP contribution in [0.15, 0.2) is 0 Å². The van der Waals surface area contributed by atoms with Gasteiger partial charge in [-0.15, -0.1) is 0 Å². The SMILES string of the molecule is CCC(C)C(N)C(=O)NC(CC(C)C)C(=O)NC(C(=O)NC(CCCCN)C(=O)O)C(C)O. The number of nitrogens with one attached hydrogen (secondary N) is 3. The zero-order valence-corrected chi connectivity index (χ0v) is 20.5. The van der Waals surface area contributed by atoms with E-state index in [1.807, 2.05) is 27.7 Å². The summed E-state index contributed by atoms with van der Waals surface area (Å²) in [6.45, 7) is 9.20. The van der Waals surface area contributed by atoms with E-state index < -0.39 is 54.0 Å². The third kappa shape index (κ3) is 11.4. The van der Waals surface area contributed by atoms with Crippen molar-refractivity contribution >= 4 is 23.7 Å². The molecule has 0 bridgehead atoms. The van der Waals surface area contributed by atoms with E-state index >= 15 is 0 Å². The van der Waals surface area contributed by atoms with Crippen molar-refractivity contribution in [1.82, 2.24) is 16.0 Å². The highest BCUT2D eigenvalue weighted by atomic mass is 16.4. The summed E-state index contributed by atoms with van der Waals surface area (Å²) in [5.74, 6) is -3.24. The van der Waals surface area contributed by atoms with Crippen LogP contribution < -0.4 is 27.4 Å². The van der Waals surface area contributed by atoms with Crippen molar-refractivity contribution in [2.24, 2.45) is 23.3 Å². The third-order valence-corrected chi connectivity index (χ3v) is 5.52. The zero-order chi connectivity index (χ0) is 25.7. The van der Waals surface area contributed by atoms with Crippen LogP contribution in [-0.2, 0) is 19.2 Å². The predicted molar refractivity (Wildman–Crippen MR) is 125 cm³/mol. The van der Waals surface area contributed by atoms with Crippen molar-refractivity contribution in [3.05, 3.63) is 0 Å². The molecule has 6 unspecified atom stereocenters. The average molecular weight is 474 g/mol. The minimum Gasteiger partial charge on any atom is -0.480 e. The van der Waals surface area contributed by atoms with E-state index in [1.165, 1.54) is 6.92 Å². The molecule has 0 aromatic carbocycles. The first-order valence-corrected chi connectivity index (χ1v) is 11.6. The highest BCUT2D eigenvalue weighted by Crippen LogP contribution is 2.10. The van der Waals surface area contributed by atoms with Gasteiger partial charge in [0.15, 0.2) is 0 Å². The van der Waals surface area contributed by atoms with Crippen molar-refractivity contribution in [2.75, 3.05) is 6.54 Å². The van der Waals surface area contributed by atoms with E-state index in [1.54, 1.807) is 0 Å². The van der Waals surface area contributed by atoms with Gasteiger partial charge in [0.05, 0.1) is 12.1 Å². The van der Waals surface area contributed by atoms with E-state index in [4.69, 9.17) is 11.5 Å². The number of carboxylic acid groups (broad SMARTS) is 1. The summed E-state index contributed by atoms with van der Waals surface area (Å²) < 4.78 is 0. The summed E-state index contributed by atoms with van der Waals surface area (Å²) >= 11 is 0. The molecule has 0 heterocycles. The number of aliphatic hydroxyl groups is 1. The Kier molecular flexibility index (Phi) is 14.5. The molecule has 0 aliphatic heterocycles. The molecule has 3 amide bonds. The van der Waals surface area contributed by atoms with Gasteiger partial charge in [-0.3, -0.25) is 14.4 Å². The second kappa shape index (κ2) is 15.6. The Morgan fingerprint density at radius 1 is 0.879 bits per heavy atom. The van der Waals surface area contributed by atoms with Crippen LogP contribution in [0.25, 0.3) is 0 Å². The second-order valence-electron chi connectivity index (χ2n) is 9.01. The highest BCUT2D eigenvalue weighted by Gasteiger charge is 2.33. The molecule has 9 N–H and O–H groups in total. The number of amides is 3. The molecular weight excluding hydrogens is 430 g/mol. The molecular formula is C22H43N5O6. The van der Waals surface area contributed by atoms with Crippen LogP contribution >= 0.6 is 0 Å². The number of unbranched alkanes of at least 4 members (excludes halogenated alkanes) is 1. The van der Waals surface area contributed by atoms with Crippen LogP contribution in [-0.4, -0.2) is 70.7 Å². The van der Waals surface area contributed by atoms with Gasteiger partial charge in [0.2, 0.25) is 17.7 Å². The Hall–Kier alpha value is -2.24. The second-order valence-corrected chi connectivity index (χ2v) is 9.01. The summed E-state index contributed by atoms with van der Waals surface area (Å²) in [5.41, 5.74) is 11.4. The van der Waals surface area contributed by atoms with Crippen molar-refractivity contribution < 1.29 is 29.4 Å². The van der Waals surface area contributed by atoms with E-state index in [0.29, 0.717) is 25.8 Å². The Morgan fingerprint density at radius 3 is 1.91 bits per heavy atom.